The third kappa shape index (κ3) is 11.7. The van der Waals surface area contributed by atoms with Gasteiger partial charge in [-0.2, -0.15) is 0 Å². The molecular weight excluding hydrogens is 240 g/mol. The van der Waals surface area contributed by atoms with Gasteiger partial charge in [0.1, 0.15) is 11.4 Å². The second kappa shape index (κ2) is 8.13. The molecule has 0 aromatic carbocycles. The number of allylic oxidation sites excluding steroid dienone is 2. The number of hydrogen-bond donors (Lipinski definition) is 0. The normalized spacial score (nSPS) is 15.3. The third-order valence-corrected chi connectivity index (χ3v) is 2.60. The molecule has 0 aromatic rings. The summed E-state index contributed by atoms with van der Waals surface area (Å²) in [5.74, 6) is 0.645. The van der Waals surface area contributed by atoms with Gasteiger partial charge in [0, 0.05) is 12.8 Å². The lowest BCUT2D eigenvalue weighted by Gasteiger charge is -2.19. The lowest BCUT2D eigenvalue weighted by molar-refractivity contribution is -0.155. The number of hydrogen-bond acceptors (Lipinski definition) is 3. The zero-order valence-electron chi connectivity index (χ0n) is 13.2. The Morgan fingerprint density at radius 3 is 2.11 bits per heavy atom. The van der Waals surface area contributed by atoms with Crippen LogP contribution in [0.4, 0.5) is 0 Å². The molecule has 19 heavy (non-hydrogen) atoms. The van der Waals surface area contributed by atoms with Crippen molar-refractivity contribution in [3.63, 3.8) is 0 Å². The van der Waals surface area contributed by atoms with Crippen LogP contribution >= 0.6 is 0 Å². The molecule has 0 aliphatic rings. The second-order valence-corrected chi connectivity index (χ2v) is 6.37. The number of rotatable bonds is 7. The van der Waals surface area contributed by atoms with Gasteiger partial charge in [0.25, 0.3) is 0 Å². The topological polar surface area (TPSA) is 43.4 Å². The molecule has 0 spiro atoms. The maximum Gasteiger partial charge on any atom is 0.306 e. The molecule has 0 aliphatic carbocycles. The zero-order valence-corrected chi connectivity index (χ0v) is 13.2. The number of esters is 1. The Balaban J connectivity index is 3.98. The van der Waals surface area contributed by atoms with Gasteiger partial charge in [0.15, 0.2) is 0 Å². The smallest absolute Gasteiger partial charge is 0.306 e. The summed E-state index contributed by atoms with van der Waals surface area (Å²) in [5, 5.41) is 0. The molecule has 110 valence electrons. The standard InChI is InChI=1S/C16H28O3/c1-12(7-8-13(2)11-14(3)17)9-10-15(18)19-16(4,5)6/h7-8,12-13H,9-11H2,1-6H3/b8-7+/t12-,13-/m0/s1. The number of carbonyl (C=O) groups is 2. The minimum Gasteiger partial charge on any atom is -0.460 e. The predicted molar refractivity (Wildman–Crippen MR) is 77.8 cm³/mol. The molecule has 0 bridgehead atoms. The summed E-state index contributed by atoms with van der Waals surface area (Å²) in [6.45, 7) is 11.3. The largest absolute Gasteiger partial charge is 0.460 e. The molecule has 0 saturated carbocycles. The van der Waals surface area contributed by atoms with E-state index in [1.54, 1.807) is 6.92 Å². The van der Waals surface area contributed by atoms with Crippen LogP contribution in [0.15, 0.2) is 12.2 Å². The maximum atomic E-state index is 11.6. The SMILES string of the molecule is CC(=O)C[C@@H](C)/C=C/[C@H](C)CCC(=O)OC(C)(C)C. The van der Waals surface area contributed by atoms with Crippen LogP contribution in [0, 0.1) is 11.8 Å². The fraction of sp³-hybridized carbons (Fsp3) is 0.750. The summed E-state index contributed by atoms with van der Waals surface area (Å²) >= 11 is 0. The average molecular weight is 268 g/mol. The molecule has 0 N–H and O–H groups in total. The first-order valence-electron chi connectivity index (χ1n) is 6.99. The van der Waals surface area contributed by atoms with Crippen molar-refractivity contribution in [3.8, 4) is 0 Å². The van der Waals surface area contributed by atoms with E-state index in [0.717, 1.165) is 6.42 Å². The van der Waals surface area contributed by atoms with Crippen molar-refractivity contribution in [2.24, 2.45) is 11.8 Å². The van der Waals surface area contributed by atoms with Crippen LogP contribution in [-0.2, 0) is 14.3 Å². The molecule has 3 heteroatoms. The van der Waals surface area contributed by atoms with Crippen molar-refractivity contribution in [2.75, 3.05) is 0 Å². The van der Waals surface area contributed by atoms with Crippen LogP contribution in [0.25, 0.3) is 0 Å². The minimum atomic E-state index is -0.411. The van der Waals surface area contributed by atoms with Gasteiger partial charge in [-0.25, -0.2) is 0 Å². The first-order valence-corrected chi connectivity index (χ1v) is 6.99. The van der Waals surface area contributed by atoms with Gasteiger partial charge in [0.2, 0.25) is 0 Å². The van der Waals surface area contributed by atoms with Crippen LogP contribution in [0.1, 0.15) is 60.8 Å². The molecule has 0 heterocycles. The Morgan fingerprint density at radius 1 is 1.11 bits per heavy atom. The van der Waals surface area contributed by atoms with E-state index in [1.807, 2.05) is 27.7 Å². The van der Waals surface area contributed by atoms with E-state index in [1.165, 1.54) is 0 Å². The Kier molecular flexibility index (Phi) is 7.65. The third-order valence-electron chi connectivity index (χ3n) is 2.60. The monoisotopic (exact) mass is 268 g/mol. The van der Waals surface area contributed by atoms with Crippen molar-refractivity contribution in [3.05, 3.63) is 12.2 Å². The van der Waals surface area contributed by atoms with E-state index < -0.39 is 5.60 Å². The van der Waals surface area contributed by atoms with Gasteiger partial charge < -0.3 is 9.53 Å². The first kappa shape index (κ1) is 17.9. The number of carbonyl (C=O) groups excluding carboxylic acids is 2. The number of Topliss-reactive ketones (excluding diaryl/α,β-unsaturated/α-hetero) is 1. The van der Waals surface area contributed by atoms with E-state index >= 15 is 0 Å². The fourth-order valence-corrected chi connectivity index (χ4v) is 1.74. The molecule has 0 fully saturated rings. The predicted octanol–water partition coefficient (Wildman–Crippen LogP) is 3.92. The molecule has 0 unspecified atom stereocenters. The van der Waals surface area contributed by atoms with Gasteiger partial charge in [-0.1, -0.05) is 26.0 Å². The lowest BCUT2D eigenvalue weighted by Crippen LogP contribution is -2.23. The number of ether oxygens (including phenoxy) is 1. The Morgan fingerprint density at radius 2 is 1.63 bits per heavy atom. The lowest BCUT2D eigenvalue weighted by atomic mass is 9.99. The van der Waals surface area contributed by atoms with Gasteiger partial charge in [-0.15, -0.1) is 0 Å². The maximum absolute atomic E-state index is 11.6. The van der Waals surface area contributed by atoms with Gasteiger partial charge in [-0.05, 0) is 46.0 Å². The summed E-state index contributed by atoms with van der Waals surface area (Å²) < 4.78 is 5.26. The quantitative estimate of drug-likeness (QED) is 0.519. The van der Waals surface area contributed by atoms with Crippen molar-refractivity contribution < 1.29 is 14.3 Å². The van der Waals surface area contributed by atoms with Crippen molar-refractivity contribution in [1.82, 2.24) is 0 Å². The molecule has 0 aliphatic heterocycles. The molecular formula is C16H28O3. The van der Waals surface area contributed by atoms with E-state index in [0.29, 0.717) is 18.8 Å². The summed E-state index contributed by atoms with van der Waals surface area (Å²) in [4.78, 5) is 22.5. The highest BCUT2D eigenvalue weighted by Gasteiger charge is 2.16. The second-order valence-electron chi connectivity index (χ2n) is 6.37. The van der Waals surface area contributed by atoms with Gasteiger partial charge >= 0.3 is 5.97 Å². The van der Waals surface area contributed by atoms with E-state index in [-0.39, 0.29) is 17.7 Å². The molecule has 0 amide bonds. The van der Waals surface area contributed by atoms with Crippen LogP contribution in [-0.4, -0.2) is 17.4 Å². The summed E-state index contributed by atoms with van der Waals surface area (Å²) in [7, 11) is 0. The van der Waals surface area contributed by atoms with Crippen LogP contribution in [0.3, 0.4) is 0 Å². The zero-order chi connectivity index (χ0) is 15.1. The van der Waals surface area contributed by atoms with E-state index in [9.17, 15) is 9.59 Å². The van der Waals surface area contributed by atoms with Crippen molar-refractivity contribution in [2.45, 2.75) is 66.4 Å². The highest BCUT2D eigenvalue weighted by molar-refractivity contribution is 5.75. The fourth-order valence-electron chi connectivity index (χ4n) is 1.74. The minimum absolute atomic E-state index is 0.149. The van der Waals surface area contributed by atoms with E-state index in [4.69, 9.17) is 4.74 Å². The Labute approximate surface area is 117 Å². The molecule has 0 radical (unpaired) electrons. The highest BCUT2D eigenvalue weighted by atomic mass is 16.6. The summed E-state index contributed by atoms with van der Waals surface area (Å²) in [6.07, 6.45) is 5.93. The molecule has 2 atom stereocenters. The molecule has 0 aromatic heterocycles. The van der Waals surface area contributed by atoms with Crippen LogP contribution < -0.4 is 0 Å². The molecule has 0 rings (SSSR count). The number of ketones is 1. The average Bonchev–Trinajstić information content (AvgIpc) is 2.20. The van der Waals surface area contributed by atoms with Crippen molar-refractivity contribution in [1.29, 1.82) is 0 Å². The van der Waals surface area contributed by atoms with Crippen LogP contribution in [0.2, 0.25) is 0 Å². The Hall–Kier alpha value is -1.12. The highest BCUT2D eigenvalue weighted by Crippen LogP contribution is 2.14. The summed E-state index contributed by atoms with van der Waals surface area (Å²) in [5.41, 5.74) is -0.411. The van der Waals surface area contributed by atoms with Gasteiger partial charge in [-0.3, -0.25) is 4.79 Å². The van der Waals surface area contributed by atoms with Crippen LogP contribution in [0.5, 0.6) is 0 Å². The first-order chi connectivity index (χ1) is 8.60. The summed E-state index contributed by atoms with van der Waals surface area (Å²) in [6, 6.07) is 0. The van der Waals surface area contributed by atoms with Crippen molar-refractivity contribution >= 4 is 11.8 Å². The van der Waals surface area contributed by atoms with Gasteiger partial charge in [0.05, 0.1) is 0 Å². The molecule has 0 saturated heterocycles. The Bertz CT molecular complexity index is 323. The van der Waals surface area contributed by atoms with E-state index in [2.05, 4.69) is 19.1 Å². The molecule has 3 nitrogen and oxygen atoms in total.